The second kappa shape index (κ2) is 6.89. The van der Waals surface area contributed by atoms with Crippen LogP contribution in [0.2, 0.25) is 0 Å². The van der Waals surface area contributed by atoms with Crippen molar-refractivity contribution >= 4 is 5.91 Å². The first-order chi connectivity index (χ1) is 9.38. The lowest BCUT2D eigenvalue weighted by atomic mass is 10.1. The highest BCUT2D eigenvalue weighted by Crippen LogP contribution is 2.32. The number of hydrogen-bond acceptors (Lipinski definition) is 2. The van der Waals surface area contributed by atoms with Crippen molar-refractivity contribution in [3.05, 3.63) is 35.1 Å². The van der Waals surface area contributed by atoms with Gasteiger partial charge in [-0.05, 0) is 25.0 Å². The van der Waals surface area contributed by atoms with E-state index in [1.807, 2.05) is 6.07 Å². The Morgan fingerprint density at radius 3 is 2.60 bits per heavy atom. The largest absolute Gasteiger partial charge is 0.419 e. The maximum atomic E-state index is 13.6. The molecular formula is C13H12F4N2O. The van der Waals surface area contributed by atoms with Crippen LogP contribution in [0.4, 0.5) is 17.6 Å². The van der Waals surface area contributed by atoms with Gasteiger partial charge in [0.15, 0.2) is 0 Å². The van der Waals surface area contributed by atoms with E-state index >= 15 is 0 Å². The highest BCUT2D eigenvalue weighted by molar-refractivity contribution is 5.94. The van der Waals surface area contributed by atoms with Gasteiger partial charge < -0.3 is 5.32 Å². The SMILES string of the molecule is N#CCCCCNC(=O)c1cccc(C(F)(F)F)c1F. The molecule has 0 saturated carbocycles. The number of nitriles is 1. The first kappa shape index (κ1) is 16.0. The molecule has 0 aromatic heterocycles. The highest BCUT2D eigenvalue weighted by atomic mass is 19.4. The van der Waals surface area contributed by atoms with Gasteiger partial charge in [0, 0.05) is 13.0 Å². The van der Waals surface area contributed by atoms with Crippen molar-refractivity contribution in [1.82, 2.24) is 5.32 Å². The molecule has 0 aliphatic heterocycles. The van der Waals surface area contributed by atoms with Crippen LogP contribution in [0.1, 0.15) is 35.2 Å². The number of rotatable bonds is 5. The van der Waals surface area contributed by atoms with E-state index in [4.69, 9.17) is 5.26 Å². The molecule has 0 spiro atoms. The van der Waals surface area contributed by atoms with E-state index in [2.05, 4.69) is 5.32 Å². The molecular weight excluding hydrogens is 276 g/mol. The van der Waals surface area contributed by atoms with Crippen LogP contribution in [0.15, 0.2) is 18.2 Å². The first-order valence-electron chi connectivity index (χ1n) is 5.88. The fourth-order valence-corrected chi connectivity index (χ4v) is 1.55. The lowest BCUT2D eigenvalue weighted by Crippen LogP contribution is -2.26. The molecule has 1 N–H and O–H groups in total. The summed E-state index contributed by atoms with van der Waals surface area (Å²) in [5, 5.41) is 10.6. The Morgan fingerprint density at radius 1 is 1.30 bits per heavy atom. The van der Waals surface area contributed by atoms with E-state index in [0.717, 1.165) is 12.1 Å². The third-order valence-corrected chi connectivity index (χ3v) is 2.55. The van der Waals surface area contributed by atoms with Crippen LogP contribution in [0.25, 0.3) is 0 Å². The van der Waals surface area contributed by atoms with Gasteiger partial charge >= 0.3 is 6.18 Å². The van der Waals surface area contributed by atoms with Crippen molar-refractivity contribution in [3.8, 4) is 6.07 Å². The summed E-state index contributed by atoms with van der Waals surface area (Å²) in [6, 6.07) is 4.48. The molecule has 0 aliphatic carbocycles. The van der Waals surface area contributed by atoms with Crippen LogP contribution < -0.4 is 5.32 Å². The maximum absolute atomic E-state index is 13.6. The lowest BCUT2D eigenvalue weighted by molar-refractivity contribution is -0.140. The Morgan fingerprint density at radius 2 is 2.00 bits per heavy atom. The second-order valence-corrected chi connectivity index (χ2v) is 4.04. The summed E-state index contributed by atoms with van der Waals surface area (Å²) < 4.78 is 51.1. The van der Waals surface area contributed by atoms with E-state index in [-0.39, 0.29) is 6.54 Å². The van der Waals surface area contributed by atoms with Crippen molar-refractivity contribution < 1.29 is 22.4 Å². The molecule has 7 heteroatoms. The van der Waals surface area contributed by atoms with E-state index < -0.39 is 29.0 Å². The summed E-state index contributed by atoms with van der Waals surface area (Å²) in [6.07, 6.45) is -3.46. The predicted octanol–water partition coefficient (Wildman–Crippen LogP) is 3.27. The Balaban J connectivity index is 2.72. The van der Waals surface area contributed by atoms with E-state index in [1.165, 1.54) is 0 Å². The second-order valence-electron chi connectivity index (χ2n) is 4.04. The average molecular weight is 288 g/mol. The summed E-state index contributed by atoms with van der Waals surface area (Å²) in [5.41, 5.74) is -2.10. The molecule has 0 aliphatic rings. The van der Waals surface area contributed by atoms with Gasteiger partial charge in [0.05, 0.1) is 17.2 Å². The Hall–Kier alpha value is -2.10. The summed E-state index contributed by atoms with van der Waals surface area (Å²) in [5.74, 6) is -2.47. The van der Waals surface area contributed by atoms with E-state index in [1.54, 1.807) is 0 Å². The summed E-state index contributed by atoms with van der Waals surface area (Å²) in [6.45, 7) is 0.177. The lowest BCUT2D eigenvalue weighted by Gasteiger charge is -2.11. The summed E-state index contributed by atoms with van der Waals surface area (Å²) in [7, 11) is 0. The number of benzene rings is 1. The van der Waals surface area contributed by atoms with Crippen molar-refractivity contribution in [2.45, 2.75) is 25.4 Å². The van der Waals surface area contributed by atoms with Crippen molar-refractivity contribution in [2.75, 3.05) is 6.54 Å². The summed E-state index contributed by atoms with van der Waals surface area (Å²) >= 11 is 0. The first-order valence-corrected chi connectivity index (χ1v) is 5.88. The van der Waals surface area contributed by atoms with Gasteiger partial charge in [-0.15, -0.1) is 0 Å². The van der Waals surface area contributed by atoms with Crippen molar-refractivity contribution in [3.63, 3.8) is 0 Å². The monoisotopic (exact) mass is 288 g/mol. The molecule has 0 atom stereocenters. The zero-order chi connectivity index (χ0) is 15.2. The number of unbranched alkanes of at least 4 members (excludes halogenated alkanes) is 2. The number of amides is 1. The quantitative estimate of drug-likeness (QED) is 0.668. The van der Waals surface area contributed by atoms with Gasteiger partial charge in [-0.2, -0.15) is 18.4 Å². The normalized spacial score (nSPS) is 10.9. The zero-order valence-electron chi connectivity index (χ0n) is 10.4. The van der Waals surface area contributed by atoms with E-state index in [9.17, 15) is 22.4 Å². The average Bonchev–Trinajstić information content (AvgIpc) is 2.37. The van der Waals surface area contributed by atoms with Crippen molar-refractivity contribution in [2.24, 2.45) is 0 Å². The minimum Gasteiger partial charge on any atom is -0.352 e. The molecule has 0 radical (unpaired) electrons. The van der Waals surface area contributed by atoms with E-state index in [0.29, 0.717) is 25.3 Å². The number of nitrogens with one attached hydrogen (secondary N) is 1. The standard InChI is InChI=1S/C13H12F4N2O/c14-11-9(5-4-6-10(11)13(15,16)17)12(20)19-8-3-1-2-7-18/h4-6H,1-3,8H2,(H,19,20). The number of halogens is 4. The smallest absolute Gasteiger partial charge is 0.352 e. The minimum atomic E-state index is -4.84. The third kappa shape index (κ3) is 4.23. The maximum Gasteiger partial charge on any atom is 0.419 e. The molecule has 1 rings (SSSR count). The van der Waals surface area contributed by atoms with Crippen LogP contribution in [-0.4, -0.2) is 12.5 Å². The van der Waals surface area contributed by atoms with Gasteiger partial charge in [-0.1, -0.05) is 6.07 Å². The van der Waals surface area contributed by atoms with Gasteiger partial charge in [0.25, 0.3) is 5.91 Å². The van der Waals surface area contributed by atoms with Gasteiger partial charge in [0.2, 0.25) is 0 Å². The van der Waals surface area contributed by atoms with Crippen LogP contribution in [0, 0.1) is 17.1 Å². The third-order valence-electron chi connectivity index (χ3n) is 2.55. The van der Waals surface area contributed by atoms with Crippen LogP contribution in [0.3, 0.4) is 0 Å². The minimum absolute atomic E-state index is 0.177. The molecule has 1 amide bonds. The highest BCUT2D eigenvalue weighted by Gasteiger charge is 2.35. The van der Waals surface area contributed by atoms with Crippen molar-refractivity contribution in [1.29, 1.82) is 5.26 Å². The fraction of sp³-hybridized carbons (Fsp3) is 0.385. The van der Waals surface area contributed by atoms with Crippen LogP contribution in [0.5, 0.6) is 0 Å². The molecule has 0 saturated heterocycles. The van der Waals surface area contributed by atoms with Crippen LogP contribution >= 0.6 is 0 Å². The molecule has 0 bridgehead atoms. The van der Waals surface area contributed by atoms with Crippen LogP contribution in [-0.2, 0) is 6.18 Å². The zero-order valence-corrected chi connectivity index (χ0v) is 10.4. The van der Waals surface area contributed by atoms with Gasteiger partial charge in [-0.3, -0.25) is 4.79 Å². The Kier molecular flexibility index (Phi) is 5.50. The Bertz CT molecular complexity index is 520. The number of alkyl halides is 3. The molecule has 3 nitrogen and oxygen atoms in total. The number of hydrogen-bond donors (Lipinski definition) is 1. The molecule has 0 heterocycles. The summed E-state index contributed by atoms with van der Waals surface area (Å²) in [4.78, 5) is 11.6. The topological polar surface area (TPSA) is 52.9 Å². The number of nitrogens with zero attached hydrogens (tertiary/aromatic N) is 1. The van der Waals surface area contributed by atoms with Gasteiger partial charge in [0.1, 0.15) is 5.82 Å². The molecule has 0 unspecified atom stereocenters. The Labute approximate surface area is 113 Å². The molecule has 0 fully saturated rings. The molecule has 1 aromatic carbocycles. The van der Waals surface area contributed by atoms with Gasteiger partial charge in [-0.25, -0.2) is 4.39 Å². The molecule has 20 heavy (non-hydrogen) atoms. The predicted molar refractivity (Wildman–Crippen MR) is 63.2 cm³/mol. The fourth-order valence-electron chi connectivity index (χ4n) is 1.55. The number of carbonyl (C=O) groups excluding carboxylic acids is 1. The number of carbonyl (C=O) groups is 1. The molecule has 108 valence electrons. The molecule has 1 aromatic rings.